The van der Waals surface area contributed by atoms with Crippen molar-refractivity contribution in [2.45, 2.75) is 44.1 Å². The van der Waals surface area contributed by atoms with Crippen LogP contribution in [0.15, 0.2) is 67.4 Å². The number of rotatable bonds is 8. The highest BCUT2D eigenvalue weighted by Gasteiger charge is 2.51. The molecule has 3 aliphatic carbocycles. The van der Waals surface area contributed by atoms with Gasteiger partial charge in [-0.1, -0.05) is 18.7 Å². The summed E-state index contributed by atoms with van der Waals surface area (Å²) < 4.78 is 20.3. The number of halogens is 1. The van der Waals surface area contributed by atoms with E-state index in [1.54, 1.807) is 48.5 Å². The molecule has 38 heavy (non-hydrogen) atoms. The monoisotopic (exact) mass is 516 g/mol. The van der Waals surface area contributed by atoms with E-state index in [4.69, 9.17) is 10.5 Å². The molecule has 0 radical (unpaired) electrons. The molecule has 5 N–H and O–H groups in total. The van der Waals surface area contributed by atoms with Gasteiger partial charge in [-0.05, 0) is 74.9 Å². The van der Waals surface area contributed by atoms with E-state index in [9.17, 15) is 14.0 Å². The molecule has 1 aromatic heterocycles. The number of ether oxygens (including phenoxy) is 1. The molecular weight excluding hydrogens is 487 g/mol. The zero-order valence-electron chi connectivity index (χ0n) is 20.8. The number of carbonyl (C=O) groups excluding carboxylic acids is 2. The van der Waals surface area contributed by atoms with Gasteiger partial charge in [0.25, 0.3) is 0 Å². The van der Waals surface area contributed by atoms with Crippen molar-refractivity contribution in [2.75, 3.05) is 16.0 Å². The number of nitrogens with two attached hydrogens (primary N) is 1. The summed E-state index contributed by atoms with van der Waals surface area (Å²) in [5.41, 5.74) is 7.39. The maximum atomic E-state index is 14.5. The van der Waals surface area contributed by atoms with E-state index in [2.05, 4.69) is 32.5 Å². The highest BCUT2D eigenvalue weighted by molar-refractivity contribution is 5.99. The lowest BCUT2D eigenvalue weighted by Gasteiger charge is -2.49. The van der Waals surface area contributed by atoms with E-state index in [1.807, 2.05) is 0 Å². The molecule has 6 rings (SSSR count). The minimum Gasteiger partial charge on any atom is -0.426 e. The number of nitrogens with zero attached hydrogens (tertiary/aromatic N) is 2. The van der Waals surface area contributed by atoms with Crippen molar-refractivity contribution >= 4 is 40.7 Å². The number of hydrogen-bond donors (Lipinski definition) is 4. The van der Waals surface area contributed by atoms with Crippen LogP contribution in [-0.4, -0.2) is 27.4 Å². The van der Waals surface area contributed by atoms with Crippen molar-refractivity contribution < 1.29 is 18.7 Å². The van der Waals surface area contributed by atoms with Gasteiger partial charge in [0.15, 0.2) is 11.6 Å². The third-order valence-electron chi connectivity index (χ3n) is 7.36. The Balaban J connectivity index is 1.27. The van der Waals surface area contributed by atoms with Crippen molar-refractivity contribution in [3.63, 3.8) is 0 Å². The molecule has 3 aliphatic rings. The zero-order valence-corrected chi connectivity index (χ0v) is 20.8. The van der Waals surface area contributed by atoms with Crippen molar-refractivity contribution in [3.05, 3.63) is 73.2 Å². The number of esters is 1. The lowest BCUT2D eigenvalue weighted by atomic mass is 9.57. The second-order valence-corrected chi connectivity index (χ2v) is 9.97. The predicted molar refractivity (Wildman–Crippen MR) is 143 cm³/mol. The number of carbonyl (C=O) groups is 2. The Morgan fingerprint density at radius 3 is 2.34 bits per heavy atom. The molecule has 0 aliphatic heterocycles. The predicted octanol–water partition coefficient (Wildman–Crippen LogP) is 5.18. The van der Waals surface area contributed by atoms with Gasteiger partial charge >= 0.3 is 5.97 Å². The summed E-state index contributed by atoms with van der Waals surface area (Å²) in [5.74, 6) is -0.729. The van der Waals surface area contributed by atoms with Crippen LogP contribution in [0, 0.1) is 11.2 Å². The first-order valence-corrected chi connectivity index (χ1v) is 12.5. The van der Waals surface area contributed by atoms with E-state index >= 15 is 0 Å². The van der Waals surface area contributed by atoms with Crippen molar-refractivity contribution in [3.8, 4) is 5.75 Å². The van der Waals surface area contributed by atoms with E-state index < -0.39 is 11.2 Å². The Hall–Kier alpha value is -4.31. The van der Waals surface area contributed by atoms with Crippen LogP contribution in [0.1, 0.15) is 38.5 Å². The maximum absolute atomic E-state index is 14.5. The van der Waals surface area contributed by atoms with Crippen LogP contribution >= 0.6 is 0 Å². The summed E-state index contributed by atoms with van der Waals surface area (Å²) in [5, 5.41) is 8.58. The summed E-state index contributed by atoms with van der Waals surface area (Å²) in [6, 6.07) is 13.7. The van der Waals surface area contributed by atoms with Crippen LogP contribution in [0.4, 0.5) is 33.2 Å². The molecule has 0 unspecified atom stereocenters. The number of anilines is 5. The molecule has 3 saturated carbocycles. The third-order valence-corrected chi connectivity index (χ3v) is 7.36. The quantitative estimate of drug-likeness (QED) is 0.183. The topological polar surface area (TPSA) is 131 Å². The second kappa shape index (κ2) is 10.2. The number of fused-ring (bicyclic) bond motifs is 3. The van der Waals surface area contributed by atoms with Crippen molar-refractivity contribution in [1.29, 1.82) is 0 Å². The highest BCUT2D eigenvalue weighted by atomic mass is 19.1. The molecule has 1 amide bonds. The Kier molecular flexibility index (Phi) is 6.81. The Bertz CT molecular complexity index is 1370. The second-order valence-electron chi connectivity index (χ2n) is 9.97. The smallest absolute Gasteiger partial charge is 0.317 e. The first-order valence-electron chi connectivity index (χ1n) is 12.5. The Morgan fingerprint density at radius 1 is 0.974 bits per heavy atom. The SMILES string of the molecule is C=CC(=O)Nc1cccc(Nc2nc(Nc3cccc(OC(=O)C45CCC(N)(CC4)CC5)c3)ncc2F)c1. The summed E-state index contributed by atoms with van der Waals surface area (Å²) >= 11 is 0. The lowest BCUT2D eigenvalue weighted by Crippen LogP contribution is -2.55. The summed E-state index contributed by atoms with van der Waals surface area (Å²) in [6.45, 7) is 3.42. The summed E-state index contributed by atoms with van der Waals surface area (Å²) in [4.78, 5) is 32.9. The number of nitrogens with one attached hydrogen (secondary N) is 3. The molecular formula is C28H29FN6O3. The van der Waals surface area contributed by atoms with Crippen LogP contribution in [0.2, 0.25) is 0 Å². The molecule has 0 saturated heterocycles. The molecule has 196 valence electrons. The lowest BCUT2D eigenvalue weighted by molar-refractivity contribution is -0.152. The fraction of sp³-hybridized carbons (Fsp3) is 0.286. The Labute approximate surface area is 219 Å². The number of hydrogen-bond acceptors (Lipinski definition) is 8. The van der Waals surface area contributed by atoms with Crippen molar-refractivity contribution in [1.82, 2.24) is 9.97 Å². The van der Waals surface area contributed by atoms with Crippen LogP contribution < -0.4 is 26.4 Å². The van der Waals surface area contributed by atoms with Gasteiger partial charge in [-0.3, -0.25) is 9.59 Å². The third kappa shape index (κ3) is 5.50. The zero-order chi connectivity index (χ0) is 26.8. The fourth-order valence-electron chi connectivity index (χ4n) is 5.02. The Morgan fingerprint density at radius 2 is 1.63 bits per heavy atom. The average Bonchev–Trinajstić information content (AvgIpc) is 2.91. The normalized spacial score (nSPS) is 21.8. The molecule has 2 bridgehead atoms. The standard InChI is InChI=1S/C28H29FN6O3/c1-2-23(36)32-18-5-3-6-19(15-18)33-24-22(29)17-31-26(35-24)34-20-7-4-8-21(16-20)38-25(37)27-9-12-28(30,13-10-27)14-11-27/h2-8,15-17H,1,9-14,30H2,(H,32,36)(H2,31,33,34,35). The first-order chi connectivity index (χ1) is 18.3. The van der Waals surface area contributed by atoms with E-state index in [1.165, 1.54) is 0 Å². The molecule has 0 atom stereocenters. The van der Waals surface area contributed by atoms with E-state index in [0.717, 1.165) is 50.8 Å². The van der Waals surface area contributed by atoms with Gasteiger partial charge in [0.05, 0.1) is 11.6 Å². The molecule has 9 nitrogen and oxygen atoms in total. The van der Waals surface area contributed by atoms with E-state index in [0.29, 0.717) is 22.8 Å². The van der Waals surface area contributed by atoms with Gasteiger partial charge < -0.3 is 26.4 Å². The molecule has 0 spiro atoms. The minimum absolute atomic E-state index is 0.0537. The molecule has 1 heterocycles. The summed E-state index contributed by atoms with van der Waals surface area (Å²) in [6.07, 6.45) is 7.00. The van der Waals surface area contributed by atoms with Gasteiger partial charge in [-0.2, -0.15) is 4.98 Å². The van der Waals surface area contributed by atoms with Crippen molar-refractivity contribution in [2.24, 2.45) is 11.1 Å². The van der Waals surface area contributed by atoms with Crippen LogP contribution in [0.3, 0.4) is 0 Å². The largest absolute Gasteiger partial charge is 0.426 e. The van der Waals surface area contributed by atoms with Crippen LogP contribution in [0.5, 0.6) is 5.75 Å². The average molecular weight is 517 g/mol. The number of aromatic nitrogens is 2. The molecule has 3 aromatic rings. The van der Waals surface area contributed by atoms with E-state index in [-0.39, 0.29) is 29.2 Å². The van der Waals surface area contributed by atoms with Crippen LogP contribution in [-0.2, 0) is 9.59 Å². The van der Waals surface area contributed by atoms with Gasteiger partial charge in [-0.15, -0.1) is 0 Å². The molecule has 10 heteroatoms. The van der Waals surface area contributed by atoms with Gasteiger partial charge in [-0.25, -0.2) is 9.37 Å². The minimum atomic E-state index is -0.653. The van der Waals surface area contributed by atoms with Gasteiger partial charge in [0.1, 0.15) is 5.75 Å². The highest BCUT2D eigenvalue weighted by Crippen LogP contribution is 2.52. The van der Waals surface area contributed by atoms with Crippen LogP contribution in [0.25, 0.3) is 0 Å². The first kappa shape index (κ1) is 25.3. The summed E-state index contributed by atoms with van der Waals surface area (Å²) in [7, 11) is 0. The van der Waals surface area contributed by atoms with Gasteiger partial charge in [0.2, 0.25) is 11.9 Å². The molecule has 2 aromatic carbocycles. The maximum Gasteiger partial charge on any atom is 0.317 e. The number of amides is 1. The molecule has 3 fully saturated rings. The number of benzene rings is 2. The van der Waals surface area contributed by atoms with Gasteiger partial charge in [0, 0.05) is 28.7 Å². The fourth-order valence-corrected chi connectivity index (χ4v) is 5.02.